The van der Waals surface area contributed by atoms with Crippen molar-refractivity contribution in [3.63, 3.8) is 0 Å². The fourth-order valence-electron chi connectivity index (χ4n) is 5.60. The summed E-state index contributed by atoms with van der Waals surface area (Å²) in [5.41, 5.74) is -1.81. The van der Waals surface area contributed by atoms with Crippen LogP contribution in [0.3, 0.4) is 0 Å². The predicted molar refractivity (Wildman–Crippen MR) is 118 cm³/mol. The SMILES string of the molecule is CS(=O)(=O)Nc1ccc(N2CCCC3(CCN([C@H]4CC[C@H](O)CC4)C3=O)C2)c(C(F)(F)F)c1. The van der Waals surface area contributed by atoms with Crippen LogP contribution in [0, 0.1) is 5.41 Å². The van der Waals surface area contributed by atoms with E-state index in [0.29, 0.717) is 45.2 Å². The Balaban J connectivity index is 1.58. The molecular weight excluding hydrogens is 459 g/mol. The normalized spacial score (nSPS) is 29.1. The summed E-state index contributed by atoms with van der Waals surface area (Å²) >= 11 is 0. The molecule has 1 spiro atoms. The van der Waals surface area contributed by atoms with Gasteiger partial charge in [0.2, 0.25) is 15.9 Å². The van der Waals surface area contributed by atoms with Crippen molar-refractivity contribution in [2.75, 3.05) is 35.5 Å². The number of alkyl halides is 3. The van der Waals surface area contributed by atoms with Crippen molar-refractivity contribution in [3.8, 4) is 0 Å². The molecule has 3 fully saturated rings. The van der Waals surface area contributed by atoms with Crippen LogP contribution < -0.4 is 9.62 Å². The molecule has 1 atom stereocenters. The maximum absolute atomic E-state index is 13.9. The lowest BCUT2D eigenvalue weighted by Gasteiger charge is -2.42. The molecular formula is C22H30F3N3O4S. The van der Waals surface area contributed by atoms with Gasteiger partial charge in [0.15, 0.2) is 0 Å². The monoisotopic (exact) mass is 489 g/mol. The lowest BCUT2D eigenvalue weighted by atomic mass is 9.78. The first kappa shape index (κ1) is 24.1. The number of amides is 1. The van der Waals surface area contributed by atoms with E-state index in [-0.39, 0.29) is 36.0 Å². The van der Waals surface area contributed by atoms with E-state index in [1.807, 2.05) is 4.90 Å². The van der Waals surface area contributed by atoms with Crippen LogP contribution in [-0.2, 0) is 21.0 Å². The fourth-order valence-corrected chi connectivity index (χ4v) is 6.15. The van der Waals surface area contributed by atoms with Crippen molar-refractivity contribution in [2.24, 2.45) is 5.41 Å². The van der Waals surface area contributed by atoms with E-state index in [2.05, 4.69) is 4.72 Å². The van der Waals surface area contributed by atoms with E-state index in [1.165, 1.54) is 12.1 Å². The molecule has 2 heterocycles. The molecule has 2 saturated heterocycles. The Labute approximate surface area is 192 Å². The zero-order chi connectivity index (χ0) is 24.0. The number of hydrogen-bond acceptors (Lipinski definition) is 5. The van der Waals surface area contributed by atoms with E-state index < -0.39 is 27.2 Å². The second-order valence-corrected chi connectivity index (χ2v) is 11.4. The summed E-state index contributed by atoms with van der Waals surface area (Å²) in [6.45, 7) is 1.20. The van der Waals surface area contributed by atoms with Crippen LogP contribution in [0.4, 0.5) is 24.5 Å². The lowest BCUT2D eigenvalue weighted by Crippen LogP contribution is -2.50. The number of carbonyl (C=O) groups excluding carboxylic acids is 1. The number of carbonyl (C=O) groups is 1. The number of benzene rings is 1. The Kier molecular flexibility index (Phi) is 6.32. The second kappa shape index (κ2) is 8.65. The number of aliphatic hydroxyl groups is 1. The van der Waals surface area contributed by atoms with Crippen LogP contribution in [-0.4, -0.2) is 62.4 Å². The van der Waals surface area contributed by atoms with E-state index >= 15 is 0 Å². The van der Waals surface area contributed by atoms with Crippen LogP contribution in [0.25, 0.3) is 0 Å². The number of rotatable bonds is 4. The predicted octanol–water partition coefficient (Wildman–Crippen LogP) is 3.20. The molecule has 4 rings (SSSR count). The van der Waals surface area contributed by atoms with Gasteiger partial charge in [-0.15, -0.1) is 0 Å². The Bertz CT molecular complexity index is 1010. The molecule has 3 aliphatic rings. The Morgan fingerprint density at radius 2 is 1.82 bits per heavy atom. The highest BCUT2D eigenvalue weighted by Crippen LogP contribution is 2.46. The third-order valence-electron chi connectivity index (χ3n) is 7.18. The van der Waals surface area contributed by atoms with Crippen molar-refractivity contribution in [2.45, 2.75) is 63.3 Å². The molecule has 1 aliphatic carbocycles. The first-order valence-electron chi connectivity index (χ1n) is 11.3. The van der Waals surface area contributed by atoms with Crippen molar-refractivity contribution in [3.05, 3.63) is 23.8 Å². The van der Waals surface area contributed by atoms with Crippen LogP contribution in [0.5, 0.6) is 0 Å². The molecule has 33 heavy (non-hydrogen) atoms. The topological polar surface area (TPSA) is 90.0 Å². The number of aliphatic hydroxyl groups excluding tert-OH is 1. The third-order valence-corrected chi connectivity index (χ3v) is 7.78. The van der Waals surface area contributed by atoms with Crippen LogP contribution in [0.15, 0.2) is 18.2 Å². The zero-order valence-corrected chi connectivity index (χ0v) is 19.4. The molecule has 1 aromatic carbocycles. The number of piperidine rings is 1. The van der Waals surface area contributed by atoms with Crippen LogP contribution in [0.1, 0.15) is 50.5 Å². The number of hydrogen-bond donors (Lipinski definition) is 2. The fraction of sp³-hybridized carbons (Fsp3) is 0.682. The number of likely N-dealkylation sites (tertiary alicyclic amines) is 1. The summed E-state index contributed by atoms with van der Waals surface area (Å²) in [5.74, 6) is 0.0116. The van der Waals surface area contributed by atoms with Gasteiger partial charge in [-0.1, -0.05) is 0 Å². The summed E-state index contributed by atoms with van der Waals surface area (Å²) in [6.07, 6.45) is 0.561. The smallest absolute Gasteiger partial charge is 0.393 e. The van der Waals surface area contributed by atoms with E-state index in [0.717, 1.165) is 25.2 Å². The molecule has 0 bridgehead atoms. The molecule has 2 N–H and O–H groups in total. The lowest BCUT2D eigenvalue weighted by molar-refractivity contribution is -0.139. The van der Waals surface area contributed by atoms with Gasteiger partial charge in [0.1, 0.15) is 0 Å². The van der Waals surface area contributed by atoms with Gasteiger partial charge in [-0.25, -0.2) is 8.42 Å². The summed E-state index contributed by atoms with van der Waals surface area (Å²) in [6, 6.07) is 3.51. The molecule has 184 valence electrons. The number of anilines is 2. The molecule has 0 aromatic heterocycles. The molecule has 11 heteroatoms. The molecule has 1 amide bonds. The van der Waals surface area contributed by atoms with Gasteiger partial charge in [-0.05, 0) is 63.1 Å². The van der Waals surface area contributed by atoms with E-state index in [4.69, 9.17) is 0 Å². The van der Waals surface area contributed by atoms with Crippen LogP contribution >= 0.6 is 0 Å². The van der Waals surface area contributed by atoms with Gasteiger partial charge >= 0.3 is 6.18 Å². The molecule has 7 nitrogen and oxygen atoms in total. The summed E-state index contributed by atoms with van der Waals surface area (Å²) in [5, 5.41) is 9.77. The van der Waals surface area contributed by atoms with Crippen molar-refractivity contribution in [1.29, 1.82) is 0 Å². The standard InChI is InChI=1S/C22H30F3N3O4S/c1-33(31,32)26-15-3-8-19(18(13-15)22(23,24)25)27-11-2-9-21(14-27)10-12-28(20(21)30)16-4-6-17(29)7-5-16/h3,8,13,16-17,26,29H,2,4-7,9-12,14H2,1H3/t16-,17-,21?. The van der Waals surface area contributed by atoms with Crippen LogP contribution in [0.2, 0.25) is 0 Å². The van der Waals surface area contributed by atoms with Crippen molar-refractivity contribution >= 4 is 27.3 Å². The average molecular weight is 490 g/mol. The van der Waals surface area contributed by atoms with E-state index in [9.17, 15) is 31.5 Å². The van der Waals surface area contributed by atoms with Gasteiger partial charge in [-0.2, -0.15) is 13.2 Å². The highest BCUT2D eigenvalue weighted by Gasteiger charge is 2.51. The third kappa shape index (κ3) is 5.08. The summed E-state index contributed by atoms with van der Waals surface area (Å²) in [4.78, 5) is 17.0. The Hall–Kier alpha value is -2.01. The van der Waals surface area contributed by atoms with Gasteiger partial charge in [0.05, 0.1) is 23.3 Å². The zero-order valence-electron chi connectivity index (χ0n) is 18.6. The molecule has 0 radical (unpaired) electrons. The van der Waals surface area contributed by atoms with E-state index in [1.54, 1.807) is 4.90 Å². The number of halogens is 3. The molecule has 1 unspecified atom stereocenters. The van der Waals surface area contributed by atoms with Gasteiger partial charge in [0.25, 0.3) is 0 Å². The largest absolute Gasteiger partial charge is 0.418 e. The molecule has 2 aliphatic heterocycles. The minimum Gasteiger partial charge on any atom is -0.393 e. The van der Waals surface area contributed by atoms with Crippen molar-refractivity contribution in [1.82, 2.24) is 4.90 Å². The number of nitrogens with zero attached hydrogens (tertiary/aromatic N) is 2. The quantitative estimate of drug-likeness (QED) is 0.678. The van der Waals surface area contributed by atoms with Crippen molar-refractivity contribution < 1.29 is 31.5 Å². The van der Waals surface area contributed by atoms with Gasteiger partial charge in [0, 0.05) is 37.1 Å². The Morgan fingerprint density at radius 1 is 1.12 bits per heavy atom. The van der Waals surface area contributed by atoms with Gasteiger partial charge < -0.3 is 14.9 Å². The Morgan fingerprint density at radius 3 is 2.45 bits per heavy atom. The minimum atomic E-state index is -4.68. The molecule has 1 saturated carbocycles. The highest BCUT2D eigenvalue weighted by molar-refractivity contribution is 7.92. The maximum atomic E-state index is 13.9. The minimum absolute atomic E-state index is 0.0116. The number of nitrogens with one attached hydrogen (secondary N) is 1. The average Bonchev–Trinajstić information content (AvgIpc) is 3.02. The first-order chi connectivity index (χ1) is 15.4. The van der Waals surface area contributed by atoms with Gasteiger partial charge in [-0.3, -0.25) is 9.52 Å². The summed E-state index contributed by atoms with van der Waals surface area (Å²) in [7, 11) is -3.72. The second-order valence-electron chi connectivity index (χ2n) is 9.62. The maximum Gasteiger partial charge on any atom is 0.418 e. The first-order valence-corrected chi connectivity index (χ1v) is 13.2. The highest BCUT2D eigenvalue weighted by atomic mass is 32.2. The number of sulfonamides is 1. The summed E-state index contributed by atoms with van der Waals surface area (Å²) < 4.78 is 66.7. The molecule has 1 aromatic rings.